The molecule has 8 heteroatoms. The molecule has 1 fully saturated rings. The molecule has 0 radical (unpaired) electrons. The molecule has 0 aromatic carbocycles. The number of amides is 1. The third-order valence-corrected chi connectivity index (χ3v) is 6.40. The molecule has 1 saturated heterocycles. The highest BCUT2D eigenvalue weighted by molar-refractivity contribution is 7.89. The van der Waals surface area contributed by atoms with Gasteiger partial charge in [-0.05, 0) is 39.7 Å². The van der Waals surface area contributed by atoms with Crippen LogP contribution < -0.4 is 0 Å². The number of carbonyl (C=O) groups excluding carboxylic acids is 1. The fourth-order valence-electron chi connectivity index (χ4n) is 2.98. The maximum Gasteiger partial charge on any atom is 0.272 e. The highest BCUT2D eigenvalue weighted by Crippen LogP contribution is 2.20. The van der Waals surface area contributed by atoms with Crippen LogP contribution >= 0.6 is 0 Å². The Bertz CT molecular complexity index is 660. The molecule has 1 aliphatic heterocycles. The van der Waals surface area contributed by atoms with E-state index in [1.165, 1.54) is 4.31 Å². The molecular weight excluding hydrogens is 316 g/mol. The zero-order valence-corrected chi connectivity index (χ0v) is 15.1. The van der Waals surface area contributed by atoms with Crippen molar-refractivity contribution in [1.82, 2.24) is 19.0 Å². The van der Waals surface area contributed by atoms with Gasteiger partial charge in [0.25, 0.3) is 5.91 Å². The minimum atomic E-state index is -3.18. The number of piperidine rings is 1. The van der Waals surface area contributed by atoms with Crippen molar-refractivity contribution >= 4 is 15.9 Å². The van der Waals surface area contributed by atoms with Crippen molar-refractivity contribution in [3.63, 3.8) is 0 Å². The molecule has 1 aromatic heterocycles. The highest BCUT2D eigenvalue weighted by atomic mass is 32.2. The van der Waals surface area contributed by atoms with Crippen LogP contribution in [0.1, 0.15) is 42.9 Å². The fourth-order valence-corrected chi connectivity index (χ4v) is 4.06. The first-order valence-corrected chi connectivity index (χ1v) is 9.70. The van der Waals surface area contributed by atoms with Gasteiger partial charge in [-0.15, -0.1) is 0 Å². The predicted molar refractivity (Wildman–Crippen MR) is 88.8 cm³/mol. The lowest BCUT2D eigenvalue weighted by Gasteiger charge is -2.36. The molecule has 2 heterocycles. The summed E-state index contributed by atoms with van der Waals surface area (Å²) < 4.78 is 27.1. The molecule has 0 saturated carbocycles. The van der Waals surface area contributed by atoms with Gasteiger partial charge in [0.1, 0.15) is 5.69 Å². The number of carbonyl (C=O) groups is 1. The average Bonchev–Trinajstić information content (AvgIpc) is 2.94. The lowest BCUT2D eigenvalue weighted by atomic mass is 10.0. The predicted octanol–water partition coefficient (Wildman–Crippen LogP) is 1.10. The number of hydrogen-bond donors (Lipinski definition) is 0. The van der Waals surface area contributed by atoms with E-state index in [-0.39, 0.29) is 17.7 Å². The second-order valence-corrected chi connectivity index (χ2v) is 8.24. The molecule has 2 rings (SSSR count). The molecule has 1 aliphatic rings. The summed E-state index contributed by atoms with van der Waals surface area (Å²) in [5.41, 5.74) is 1.44. The van der Waals surface area contributed by atoms with Gasteiger partial charge in [-0.3, -0.25) is 9.48 Å². The lowest BCUT2D eigenvalue weighted by molar-refractivity contribution is 0.0673. The molecule has 1 amide bonds. The third kappa shape index (κ3) is 3.74. The van der Waals surface area contributed by atoms with E-state index < -0.39 is 10.0 Å². The van der Waals surface area contributed by atoms with E-state index in [9.17, 15) is 13.2 Å². The minimum Gasteiger partial charge on any atom is -0.337 e. The quantitative estimate of drug-likeness (QED) is 0.803. The Balaban J connectivity index is 2.03. The Hall–Kier alpha value is -1.41. The molecule has 7 nitrogen and oxygen atoms in total. The van der Waals surface area contributed by atoms with Crippen LogP contribution in [-0.2, 0) is 16.6 Å². The molecule has 130 valence electrons. The summed E-state index contributed by atoms with van der Waals surface area (Å²) in [6.45, 7) is 7.28. The molecule has 0 N–H and O–H groups in total. The third-order valence-electron chi connectivity index (χ3n) is 4.49. The zero-order valence-electron chi connectivity index (χ0n) is 14.3. The monoisotopic (exact) mass is 342 g/mol. The van der Waals surface area contributed by atoms with E-state index in [0.717, 1.165) is 5.69 Å². The van der Waals surface area contributed by atoms with Gasteiger partial charge in [0, 0.05) is 32.7 Å². The van der Waals surface area contributed by atoms with Crippen LogP contribution in [0.15, 0.2) is 6.07 Å². The number of likely N-dealkylation sites (tertiary alicyclic amines) is 1. The van der Waals surface area contributed by atoms with Crippen LogP contribution in [0.3, 0.4) is 0 Å². The number of nitrogens with zero attached hydrogens (tertiary/aromatic N) is 4. The smallest absolute Gasteiger partial charge is 0.272 e. The van der Waals surface area contributed by atoms with E-state index in [0.29, 0.717) is 38.2 Å². The first-order chi connectivity index (χ1) is 10.8. The van der Waals surface area contributed by atoms with Gasteiger partial charge in [-0.25, -0.2) is 12.7 Å². The molecule has 0 spiro atoms. The van der Waals surface area contributed by atoms with Crippen molar-refractivity contribution in [3.8, 4) is 0 Å². The fraction of sp³-hybridized carbons (Fsp3) is 0.733. The topological polar surface area (TPSA) is 75.5 Å². The Morgan fingerprint density at radius 2 is 1.96 bits per heavy atom. The largest absolute Gasteiger partial charge is 0.337 e. The van der Waals surface area contributed by atoms with Gasteiger partial charge in [0.05, 0.1) is 11.4 Å². The zero-order chi connectivity index (χ0) is 17.2. The van der Waals surface area contributed by atoms with Crippen LogP contribution in [-0.4, -0.2) is 65.2 Å². The maximum absolute atomic E-state index is 12.7. The standard InChI is InChI=1S/C15H26N4O3S/c1-5-19-14(11-12(3)16-19)15(20)18-9-7-13(8-10-18)17(4)23(21,22)6-2/h11,13H,5-10H2,1-4H3. The molecule has 0 atom stereocenters. The molecule has 0 unspecified atom stereocenters. The number of aromatic nitrogens is 2. The van der Waals surface area contributed by atoms with E-state index in [1.54, 1.807) is 23.6 Å². The van der Waals surface area contributed by atoms with Gasteiger partial charge >= 0.3 is 0 Å². The Labute approximate surface area is 138 Å². The molecule has 0 bridgehead atoms. The highest BCUT2D eigenvalue weighted by Gasteiger charge is 2.31. The van der Waals surface area contributed by atoms with Gasteiger partial charge in [0.15, 0.2) is 0 Å². The van der Waals surface area contributed by atoms with Crippen molar-refractivity contribution in [3.05, 3.63) is 17.5 Å². The number of aryl methyl sites for hydroxylation is 2. The summed E-state index contributed by atoms with van der Waals surface area (Å²) >= 11 is 0. The van der Waals surface area contributed by atoms with Gasteiger partial charge in [-0.2, -0.15) is 5.10 Å². The SMILES string of the molecule is CCn1nc(C)cc1C(=O)N1CCC(N(C)S(=O)(=O)CC)CC1. The average molecular weight is 342 g/mol. The summed E-state index contributed by atoms with van der Waals surface area (Å²) in [4.78, 5) is 14.5. The lowest BCUT2D eigenvalue weighted by Crippen LogP contribution is -2.47. The summed E-state index contributed by atoms with van der Waals surface area (Å²) in [5, 5.41) is 4.31. The maximum atomic E-state index is 12.7. The molecule has 0 aliphatic carbocycles. The normalized spacial score (nSPS) is 17.0. The van der Waals surface area contributed by atoms with E-state index in [4.69, 9.17) is 0 Å². The van der Waals surface area contributed by atoms with E-state index >= 15 is 0 Å². The van der Waals surface area contributed by atoms with E-state index in [1.807, 2.05) is 19.9 Å². The first-order valence-electron chi connectivity index (χ1n) is 8.09. The molecule has 1 aromatic rings. The van der Waals surface area contributed by atoms with Crippen LogP contribution in [0, 0.1) is 6.92 Å². The van der Waals surface area contributed by atoms with Crippen molar-refractivity contribution in [2.75, 3.05) is 25.9 Å². The first kappa shape index (κ1) is 17.9. The van der Waals surface area contributed by atoms with Crippen molar-refractivity contribution < 1.29 is 13.2 Å². The van der Waals surface area contributed by atoms with Crippen molar-refractivity contribution in [2.24, 2.45) is 0 Å². The second kappa shape index (κ2) is 7.00. The summed E-state index contributed by atoms with van der Waals surface area (Å²) in [6.07, 6.45) is 1.33. The van der Waals surface area contributed by atoms with Crippen LogP contribution in [0.2, 0.25) is 0 Å². The summed E-state index contributed by atoms with van der Waals surface area (Å²) in [6, 6.07) is 1.79. The Morgan fingerprint density at radius 3 is 2.48 bits per heavy atom. The van der Waals surface area contributed by atoms with Gasteiger partial charge < -0.3 is 4.90 Å². The summed E-state index contributed by atoms with van der Waals surface area (Å²) in [5.74, 6) is 0.0873. The van der Waals surface area contributed by atoms with Crippen LogP contribution in [0.4, 0.5) is 0 Å². The van der Waals surface area contributed by atoms with Crippen molar-refractivity contribution in [1.29, 1.82) is 0 Å². The van der Waals surface area contributed by atoms with Gasteiger partial charge in [0.2, 0.25) is 10.0 Å². The number of rotatable bonds is 5. The van der Waals surface area contributed by atoms with Crippen LogP contribution in [0.5, 0.6) is 0 Å². The summed E-state index contributed by atoms with van der Waals surface area (Å²) in [7, 11) is -1.54. The van der Waals surface area contributed by atoms with E-state index in [2.05, 4.69) is 5.10 Å². The number of sulfonamides is 1. The Kier molecular flexibility index (Phi) is 5.46. The second-order valence-electron chi connectivity index (χ2n) is 5.93. The van der Waals surface area contributed by atoms with Crippen molar-refractivity contribution in [2.45, 2.75) is 46.2 Å². The molecule has 23 heavy (non-hydrogen) atoms. The van der Waals surface area contributed by atoms with Gasteiger partial charge in [-0.1, -0.05) is 0 Å². The Morgan fingerprint density at radius 1 is 1.35 bits per heavy atom. The minimum absolute atomic E-state index is 0.0214. The molecular formula is C15H26N4O3S. The van der Waals surface area contributed by atoms with Crippen LogP contribution in [0.25, 0.3) is 0 Å². The number of hydrogen-bond acceptors (Lipinski definition) is 4.